The third-order valence-electron chi connectivity index (χ3n) is 8.13. The van der Waals surface area contributed by atoms with Crippen molar-refractivity contribution in [2.24, 2.45) is 47.3 Å². The van der Waals surface area contributed by atoms with Gasteiger partial charge in [0.15, 0.2) is 12.0 Å². The molecule has 13 rings (SSSR count). The molecule has 0 aliphatic rings. The predicted molar refractivity (Wildman–Crippen MR) is 422 cm³/mol. The molecule has 0 aliphatic heterocycles. The standard InChI is InChI=1S/C9H7N.C8H6S.C7H6N2.C7H5NO.C7H5NS.C5H5N.C4H4N2.8C4H10.C3H4N2/c1-2-6-9-8(4-1)5-3-7-10-9;1-2-4-8-7(3-1)5-6-9-8;3*1-2-4-7-6(3-1)8-5-9-7;1-2-4-6-5-3-1;1-2-5-4-6-3-1;8*1-4(2)3;1-2-4-5-3-1/h1-7H;1-6H;1-5H,(H,8,9);2*1-5H;1-5H;1-4H;8*4H,1-3H3;1-3H,(H,4,5). The van der Waals surface area contributed by atoms with E-state index in [1.165, 1.54) is 32.9 Å². The van der Waals surface area contributed by atoms with Crippen molar-refractivity contribution >= 4 is 76.0 Å². The summed E-state index contributed by atoms with van der Waals surface area (Å²) in [4.78, 5) is 30.5. The highest BCUT2D eigenvalue weighted by Crippen LogP contribution is 2.19. The lowest BCUT2D eigenvalue weighted by molar-refractivity contribution is 0.602. The van der Waals surface area contributed by atoms with Crippen LogP contribution in [0.25, 0.3) is 53.3 Å². The normalized spacial score (nSPS) is 9.39. The molecule has 0 saturated carbocycles. The van der Waals surface area contributed by atoms with E-state index >= 15 is 0 Å². The first-order valence-electron chi connectivity index (χ1n) is 33.3. The van der Waals surface area contributed by atoms with E-state index in [4.69, 9.17) is 4.42 Å². The minimum atomic E-state index is 0.833. The van der Waals surface area contributed by atoms with Gasteiger partial charge in [0.25, 0.3) is 0 Å². The molecular formula is C82H122N10OS2. The van der Waals surface area contributed by atoms with Crippen molar-refractivity contribution in [3.63, 3.8) is 0 Å². The predicted octanol–water partition coefficient (Wildman–Crippen LogP) is 26.1. The maximum absolute atomic E-state index is 5.01. The Bertz CT molecular complexity index is 2910. The van der Waals surface area contributed by atoms with Crippen LogP contribution in [-0.4, -0.2) is 50.1 Å². The number of imidazole rings is 1. The Balaban J connectivity index is -0.000000965. The van der Waals surface area contributed by atoms with E-state index in [9.17, 15) is 0 Å². The molecule has 0 aliphatic carbocycles. The summed E-state index contributed by atoms with van der Waals surface area (Å²) in [5.74, 6) is 6.67. The number of thiophene rings is 1. The molecule has 0 amide bonds. The number of benzene rings is 5. The average molecular weight is 1330 g/mol. The van der Waals surface area contributed by atoms with Crippen molar-refractivity contribution in [3.05, 3.63) is 243 Å². The zero-order chi connectivity index (χ0) is 71.9. The van der Waals surface area contributed by atoms with Crippen LogP contribution in [-0.2, 0) is 0 Å². The number of hydrogen-bond acceptors (Lipinski definition) is 11. The van der Waals surface area contributed by atoms with Crippen LogP contribution in [0.3, 0.4) is 0 Å². The molecule has 0 fully saturated rings. The quantitative estimate of drug-likeness (QED) is 0.151. The van der Waals surface area contributed by atoms with Gasteiger partial charge in [0, 0.05) is 53.5 Å². The first-order chi connectivity index (χ1) is 45.2. The zero-order valence-electron chi connectivity index (χ0n) is 62.5. The van der Waals surface area contributed by atoms with Crippen molar-refractivity contribution in [2.75, 3.05) is 0 Å². The molecule has 8 heterocycles. The summed E-state index contributed by atoms with van der Waals surface area (Å²) >= 11 is 3.46. The van der Waals surface area contributed by atoms with Crippen LogP contribution in [0.1, 0.15) is 166 Å². The van der Waals surface area contributed by atoms with Gasteiger partial charge in [-0.1, -0.05) is 251 Å². The van der Waals surface area contributed by atoms with E-state index in [0.717, 1.165) is 80.5 Å². The molecule has 0 saturated heterocycles. The average Bonchev–Trinajstić information content (AvgIpc) is 1.99. The zero-order valence-corrected chi connectivity index (χ0v) is 64.1. The topological polar surface area (TPSA) is 148 Å². The maximum Gasteiger partial charge on any atom is 0.181 e. The fourth-order valence-electron chi connectivity index (χ4n) is 5.19. The molecule has 0 radical (unpaired) electrons. The number of oxazole rings is 1. The first-order valence-corrected chi connectivity index (χ1v) is 35.1. The van der Waals surface area contributed by atoms with Gasteiger partial charge in [-0.2, -0.15) is 5.10 Å². The Morgan fingerprint density at radius 3 is 1.19 bits per heavy atom. The molecule has 518 valence electrons. The van der Waals surface area contributed by atoms with E-state index in [1.807, 2.05) is 127 Å². The highest BCUT2D eigenvalue weighted by Gasteiger charge is 1.93. The van der Waals surface area contributed by atoms with E-state index in [-0.39, 0.29) is 0 Å². The van der Waals surface area contributed by atoms with Crippen molar-refractivity contribution in [1.29, 1.82) is 0 Å². The number of fused-ring (bicyclic) bond motifs is 5. The highest BCUT2D eigenvalue weighted by molar-refractivity contribution is 7.17. The van der Waals surface area contributed by atoms with Gasteiger partial charge in [0.1, 0.15) is 11.8 Å². The molecule has 95 heavy (non-hydrogen) atoms. The van der Waals surface area contributed by atoms with E-state index in [1.54, 1.807) is 72.2 Å². The number of aromatic amines is 2. The number of H-pyrrole nitrogens is 2. The second-order valence-corrected chi connectivity index (χ2v) is 28.1. The number of aromatic nitrogens is 10. The second kappa shape index (κ2) is 63.2. The van der Waals surface area contributed by atoms with Gasteiger partial charge in [-0.05, 0) is 143 Å². The molecule has 0 bridgehead atoms. The van der Waals surface area contributed by atoms with Crippen molar-refractivity contribution in [2.45, 2.75) is 166 Å². The molecule has 0 atom stereocenters. The van der Waals surface area contributed by atoms with Crippen LogP contribution < -0.4 is 0 Å². The number of rotatable bonds is 0. The van der Waals surface area contributed by atoms with Crippen LogP contribution in [0.15, 0.2) is 248 Å². The Labute approximate surface area is 583 Å². The van der Waals surface area contributed by atoms with Crippen molar-refractivity contribution < 1.29 is 4.42 Å². The fourth-order valence-corrected chi connectivity index (χ4v) is 6.66. The van der Waals surface area contributed by atoms with Crippen LogP contribution in [0, 0.1) is 47.3 Å². The van der Waals surface area contributed by atoms with Crippen LogP contribution in [0.4, 0.5) is 0 Å². The van der Waals surface area contributed by atoms with Crippen molar-refractivity contribution in [3.8, 4) is 0 Å². The lowest BCUT2D eigenvalue weighted by Crippen LogP contribution is -1.73. The van der Waals surface area contributed by atoms with Gasteiger partial charge in [-0.25, -0.2) is 24.9 Å². The molecule has 2 N–H and O–H groups in total. The number of thiazole rings is 1. The lowest BCUT2D eigenvalue weighted by Gasteiger charge is -1.91. The van der Waals surface area contributed by atoms with Crippen molar-refractivity contribution in [1.82, 2.24) is 50.1 Å². The molecule has 13 aromatic rings. The SMILES string of the molecule is CC(C)C.CC(C)C.CC(C)C.CC(C)C.CC(C)C.CC(C)C.CC(C)C.CC(C)C.c1ccc2[nH]cnc2c1.c1ccc2ncccc2c1.c1ccc2ocnc2c1.c1ccc2sccc2c1.c1ccc2scnc2c1.c1ccncc1.c1cn[nH]c1.c1cncnc1. The summed E-state index contributed by atoms with van der Waals surface area (Å²) in [6.45, 7) is 52.0. The lowest BCUT2D eigenvalue weighted by atomic mass is 10.2. The molecule has 5 aromatic carbocycles. The summed E-state index contributed by atoms with van der Waals surface area (Å²) in [5.41, 5.74) is 7.91. The summed E-state index contributed by atoms with van der Waals surface area (Å²) in [7, 11) is 0. The van der Waals surface area contributed by atoms with Crippen LogP contribution in [0.2, 0.25) is 0 Å². The van der Waals surface area contributed by atoms with Gasteiger partial charge in [-0.3, -0.25) is 15.1 Å². The third kappa shape index (κ3) is 67.0. The van der Waals surface area contributed by atoms with Crippen LogP contribution in [0.5, 0.6) is 0 Å². The smallest absolute Gasteiger partial charge is 0.181 e. The van der Waals surface area contributed by atoms with E-state index in [0.29, 0.717) is 0 Å². The third-order valence-corrected chi connectivity index (χ3v) is 9.83. The summed E-state index contributed by atoms with van der Waals surface area (Å²) < 4.78 is 7.64. The van der Waals surface area contributed by atoms with Gasteiger partial charge < -0.3 is 9.40 Å². The van der Waals surface area contributed by atoms with Gasteiger partial charge in [0.05, 0.1) is 38.6 Å². The molecule has 0 spiro atoms. The highest BCUT2D eigenvalue weighted by atomic mass is 32.1. The summed E-state index contributed by atoms with van der Waals surface area (Å²) in [6.07, 6.45) is 16.8. The molecule has 8 aromatic heterocycles. The Kier molecular flexibility index (Phi) is 60.4. The molecule has 0 unspecified atom stereocenters. The Hall–Kier alpha value is -8.26. The monoisotopic (exact) mass is 1330 g/mol. The number of hydrogen-bond donors (Lipinski definition) is 2. The second-order valence-electron chi connectivity index (χ2n) is 26.3. The maximum atomic E-state index is 5.01. The minimum Gasteiger partial charge on any atom is -0.443 e. The molecular weight excluding hydrogens is 1210 g/mol. The fraction of sp³-hybridized carbons (Fsp3) is 0.390. The number of nitrogens with zero attached hydrogens (tertiary/aromatic N) is 8. The largest absolute Gasteiger partial charge is 0.443 e. The first kappa shape index (κ1) is 90.9. The van der Waals surface area contributed by atoms with Gasteiger partial charge in [0.2, 0.25) is 0 Å². The Morgan fingerprint density at radius 1 is 0.326 bits per heavy atom. The summed E-state index contributed by atoms with van der Waals surface area (Å²) in [5, 5.41) is 10.9. The Morgan fingerprint density at radius 2 is 0.779 bits per heavy atom. The van der Waals surface area contributed by atoms with E-state index < -0.39 is 0 Å². The minimum absolute atomic E-state index is 0.833. The number of para-hydroxylation sites is 6. The van der Waals surface area contributed by atoms with Gasteiger partial charge in [-0.15, -0.1) is 22.7 Å². The van der Waals surface area contributed by atoms with E-state index in [2.05, 4.69) is 270 Å². The number of nitrogens with one attached hydrogen (secondary N) is 2. The van der Waals surface area contributed by atoms with Gasteiger partial charge >= 0.3 is 0 Å². The molecule has 13 heteroatoms. The summed E-state index contributed by atoms with van der Waals surface area (Å²) in [6, 6.07) is 55.7. The van der Waals surface area contributed by atoms with Crippen LogP contribution >= 0.6 is 22.7 Å². The number of pyridine rings is 2. The molecule has 11 nitrogen and oxygen atoms in total.